The van der Waals surface area contributed by atoms with Crippen molar-refractivity contribution in [1.82, 2.24) is 4.98 Å². The molecule has 0 bridgehead atoms. The maximum atomic E-state index is 4.69. The SMILES string of the molecule is [CH3][Ge]1([CH3])[c]2cccc3c4cccnc4c4ccc[c]1c4c23. The summed E-state index contributed by atoms with van der Waals surface area (Å²) in [7, 11) is 0. The second-order valence-electron chi connectivity index (χ2n) is 6.48. The Morgan fingerprint density at radius 1 is 0.714 bits per heavy atom. The molecule has 0 aliphatic carbocycles. The second kappa shape index (κ2) is 3.66. The average molecular weight is 330 g/mol. The van der Waals surface area contributed by atoms with Crippen LogP contribution >= 0.6 is 0 Å². The van der Waals surface area contributed by atoms with Gasteiger partial charge in [0.05, 0.1) is 0 Å². The van der Waals surface area contributed by atoms with Gasteiger partial charge in [-0.2, -0.15) is 0 Å². The molecule has 1 aromatic heterocycles. The quantitative estimate of drug-likeness (QED) is 0.354. The predicted molar refractivity (Wildman–Crippen MR) is 93.5 cm³/mol. The molecule has 2 heterocycles. The van der Waals surface area contributed by atoms with Gasteiger partial charge in [0.15, 0.2) is 0 Å². The first-order valence-electron chi connectivity index (χ1n) is 7.43. The molecule has 21 heavy (non-hydrogen) atoms. The van der Waals surface area contributed by atoms with Crippen molar-refractivity contribution in [2.45, 2.75) is 11.5 Å². The number of hydrogen-bond donors (Lipinski definition) is 0. The zero-order valence-electron chi connectivity index (χ0n) is 12.1. The van der Waals surface area contributed by atoms with Crippen molar-refractivity contribution in [3.8, 4) is 0 Å². The fraction of sp³-hybridized carbons (Fsp3) is 0.105. The Hall–Kier alpha value is -1.87. The van der Waals surface area contributed by atoms with Crippen molar-refractivity contribution in [2.24, 2.45) is 0 Å². The molecule has 1 aliphatic rings. The van der Waals surface area contributed by atoms with Gasteiger partial charge in [0.2, 0.25) is 0 Å². The Balaban J connectivity index is 2.26. The van der Waals surface area contributed by atoms with E-state index >= 15 is 0 Å². The van der Waals surface area contributed by atoms with Gasteiger partial charge in [-0.05, 0) is 0 Å². The molecule has 1 nitrogen and oxygen atoms in total. The Kier molecular flexibility index (Phi) is 2.05. The van der Waals surface area contributed by atoms with Crippen molar-refractivity contribution in [3.63, 3.8) is 0 Å². The van der Waals surface area contributed by atoms with E-state index in [4.69, 9.17) is 4.98 Å². The summed E-state index contributed by atoms with van der Waals surface area (Å²) in [6.07, 6.45) is 1.91. The summed E-state index contributed by atoms with van der Waals surface area (Å²) in [6, 6.07) is 17.9. The molecule has 100 valence electrons. The molecular weight excluding hydrogens is 315 g/mol. The molecule has 0 spiro atoms. The van der Waals surface area contributed by atoms with Crippen molar-refractivity contribution in [3.05, 3.63) is 54.7 Å². The van der Waals surface area contributed by atoms with Gasteiger partial charge in [0.1, 0.15) is 0 Å². The van der Waals surface area contributed by atoms with Crippen LogP contribution in [0.3, 0.4) is 0 Å². The maximum absolute atomic E-state index is 4.69. The first-order chi connectivity index (χ1) is 10.2. The molecule has 4 aromatic rings. The minimum atomic E-state index is -2.14. The second-order valence-corrected chi connectivity index (χ2v) is 15.6. The normalized spacial score (nSPS) is 15.5. The number of pyridine rings is 1. The average Bonchev–Trinajstić information content (AvgIpc) is 2.76. The Bertz CT molecular complexity index is 979. The van der Waals surface area contributed by atoms with Crippen LogP contribution in [0.1, 0.15) is 0 Å². The van der Waals surface area contributed by atoms with Gasteiger partial charge >= 0.3 is 126 Å². The molecule has 0 amide bonds. The number of nitrogens with zero attached hydrogens (tertiary/aromatic N) is 1. The van der Waals surface area contributed by atoms with E-state index in [1.807, 2.05) is 6.20 Å². The molecule has 0 N–H and O–H groups in total. The van der Waals surface area contributed by atoms with Crippen LogP contribution < -0.4 is 8.79 Å². The van der Waals surface area contributed by atoms with Crippen LogP contribution in [-0.2, 0) is 0 Å². The number of hydrogen-bond acceptors (Lipinski definition) is 1. The molecule has 0 fully saturated rings. The van der Waals surface area contributed by atoms with Crippen LogP contribution in [0.15, 0.2) is 54.7 Å². The first-order valence-corrected chi connectivity index (χ1v) is 13.7. The van der Waals surface area contributed by atoms with Crippen molar-refractivity contribution in [1.29, 1.82) is 0 Å². The van der Waals surface area contributed by atoms with E-state index in [9.17, 15) is 0 Å². The zero-order chi connectivity index (χ0) is 14.2. The number of aromatic nitrogens is 1. The monoisotopic (exact) mass is 331 g/mol. The topological polar surface area (TPSA) is 12.9 Å². The zero-order valence-corrected chi connectivity index (χ0v) is 14.2. The van der Waals surface area contributed by atoms with E-state index in [0.717, 1.165) is 5.52 Å². The van der Waals surface area contributed by atoms with Gasteiger partial charge in [0.25, 0.3) is 0 Å². The Morgan fingerprint density at radius 3 is 2.10 bits per heavy atom. The van der Waals surface area contributed by atoms with Crippen LogP contribution in [0.5, 0.6) is 0 Å². The predicted octanol–water partition coefficient (Wildman–Crippen LogP) is 3.68. The molecule has 0 radical (unpaired) electrons. The standard InChI is InChI=1S/C19H15GeN/c1-20(2)15-9-3-6-12-13-8-5-11-21-19(13)14-7-4-10-16(20)18(14)17(12)15/h3-11H,1-2H3. The molecule has 0 saturated carbocycles. The van der Waals surface area contributed by atoms with E-state index in [1.165, 1.54) is 26.9 Å². The van der Waals surface area contributed by atoms with Crippen LogP contribution in [0, 0.1) is 0 Å². The van der Waals surface area contributed by atoms with Crippen molar-refractivity contribution in [2.75, 3.05) is 0 Å². The summed E-state index contributed by atoms with van der Waals surface area (Å²) in [5.41, 5.74) is 1.15. The molecule has 5 rings (SSSR count). The third-order valence-electron chi connectivity index (χ3n) is 5.08. The third-order valence-corrected chi connectivity index (χ3v) is 12.5. The molecule has 0 saturated heterocycles. The Morgan fingerprint density at radius 2 is 1.33 bits per heavy atom. The van der Waals surface area contributed by atoms with E-state index in [1.54, 1.807) is 8.79 Å². The summed E-state index contributed by atoms with van der Waals surface area (Å²) < 4.78 is 3.25. The minimum absolute atomic E-state index is 1.15. The van der Waals surface area contributed by atoms with E-state index in [2.05, 4.69) is 60.0 Å². The molecule has 0 unspecified atom stereocenters. The van der Waals surface area contributed by atoms with E-state index in [-0.39, 0.29) is 0 Å². The van der Waals surface area contributed by atoms with Crippen LogP contribution in [0.4, 0.5) is 0 Å². The van der Waals surface area contributed by atoms with Crippen LogP contribution in [-0.4, -0.2) is 18.3 Å². The van der Waals surface area contributed by atoms with Crippen molar-refractivity contribution < 1.29 is 0 Å². The summed E-state index contributed by atoms with van der Waals surface area (Å²) in [6.45, 7) is 0. The van der Waals surface area contributed by atoms with E-state index < -0.39 is 13.3 Å². The number of rotatable bonds is 0. The summed E-state index contributed by atoms with van der Waals surface area (Å²) in [4.78, 5) is 4.69. The third kappa shape index (κ3) is 1.26. The number of benzene rings is 3. The molecule has 1 aliphatic heterocycles. The molecular formula is C19H15GeN. The van der Waals surface area contributed by atoms with Gasteiger partial charge in [-0.25, -0.2) is 0 Å². The van der Waals surface area contributed by atoms with E-state index in [0.29, 0.717) is 0 Å². The van der Waals surface area contributed by atoms with Gasteiger partial charge in [-0.1, -0.05) is 0 Å². The summed E-state index contributed by atoms with van der Waals surface area (Å²) in [5.74, 6) is 5.03. The van der Waals surface area contributed by atoms with Gasteiger partial charge in [-0.3, -0.25) is 0 Å². The van der Waals surface area contributed by atoms with Gasteiger partial charge < -0.3 is 0 Å². The Labute approximate surface area is 126 Å². The first kappa shape index (κ1) is 11.8. The summed E-state index contributed by atoms with van der Waals surface area (Å²) in [5, 5.41) is 7.00. The van der Waals surface area contributed by atoms with Crippen molar-refractivity contribution >= 4 is 54.5 Å². The van der Waals surface area contributed by atoms with Gasteiger partial charge in [-0.15, -0.1) is 0 Å². The fourth-order valence-electron chi connectivity index (χ4n) is 4.09. The summed E-state index contributed by atoms with van der Waals surface area (Å²) >= 11 is -2.14. The molecule has 2 heteroatoms. The fourth-order valence-corrected chi connectivity index (χ4v) is 10.6. The number of fused-ring (bicyclic) bond motifs is 3. The van der Waals surface area contributed by atoms with Gasteiger partial charge in [0, 0.05) is 0 Å². The van der Waals surface area contributed by atoms with Crippen LogP contribution in [0.2, 0.25) is 11.5 Å². The molecule has 3 aromatic carbocycles. The molecule has 0 atom stereocenters. The van der Waals surface area contributed by atoms with Crippen LogP contribution in [0.25, 0.3) is 32.4 Å².